The molecule has 0 saturated heterocycles. The van der Waals surface area contributed by atoms with Crippen molar-refractivity contribution < 1.29 is 0 Å². The molecule has 1 rings (SSSR count). The maximum Gasteiger partial charge on any atom is 0.0934 e. The van der Waals surface area contributed by atoms with E-state index in [1.165, 1.54) is 24.9 Å². The van der Waals surface area contributed by atoms with E-state index in [0.29, 0.717) is 0 Å². The first-order chi connectivity index (χ1) is 8.83. The van der Waals surface area contributed by atoms with Crippen molar-refractivity contribution in [3.63, 3.8) is 0 Å². The van der Waals surface area contributed by atoms with E-state index >= 15 is 0 Å². The van der Waals surface area contributed by atoms with E-state index < -0.39 is 16.1 Å². The SMILES string of the molecule is C[Si](C)(CCCN)c1ccc([Si](C)(C)CCCN)s1. The van der Waals surface area contributed by atoms with E-state index in [1.54, 1.807) is 9.00 Å². The van der Waals surface area contributed by atoms with Gasteiger partial charge in [-0.05, 0) is 34.9 Å². The molecule has 0 amide bonds. The molecule has 0 aliphatic heterocycles. The zero-order chi connectivity index (χ0) is 14.5. The van der Waals surface area contributed by atoms with Crippen LogP contribution >= 0.6 is 11.3 Å². The predicted molar refractivity (Wildman–Crippen MR) is 95.5 cm³/mol. The van der Waals surface area contributed by atoms with Gasteiger partial charge in [0.1, 0.15) is 0 Å². The van der Waals surface area contributed by atoms with Crippen LogP contribution in [0.4, 0.5) is 0 Å². The van der Waals surface area contributed by atoms with Crippen molar-refractivity contribution in [2.24, 2.45) is 11.5 Å². The van der Waals surface area contributed by atoms with Gasteiger partial charge in [-0.1, -0.05) is 50.4 Å². The first kappa shape index (κ1) is 17.1. The molecule has 0 aliphatic carbocycles. The molecular formula is C14H30N2SSi2. The maximum absolute atomic E-state index is 5.66. The lowest BCUT2D eigenvalue weighted by atomic mass is 10.5. The molecule has 1 aromatic heterocycles. The van der Waals surface area contributed by atoms with Crippen molar-refractivity contribution >= 4 is 36.5 Å². The Balaban J connectivity index is 2.81. The molecule has 0 atom stereocenters. The summed E-state index contributed by atoms with van der Waals surface area (Å²) in [5, 5.41) is 0. The van der Waals surface area contributed by atoms with E-state index in [-0.39, 0.29) is 0 Å². The summed E-state index contributed by atoms with van der Waals surface area (Å²) < 4.78 is 3.31. The van der Waals surface area contributed by atoms with Crippen LogP contribution in [0.25, 0.3) is 0 Å². The largest absolute Gasteiger partial charge is 0.330 e. The summed E-state index contributed by atoms with van der Waals surface area (Å²) in [7, 11) is -2.51. The van der Waals surface area contributed by atoms with E-state index in [2.05, 4.69) is 49.7 Å². The topological polar surface area (TPSA) is 52.0 Å². The van der Waals surface area contributed by atoms with Gasteiger partial charge in [-0.3, -0.25) is 0 Å². The third kappa shape index (κ3) is 4.82. The van der Waals surface area contributed by atoms with Gasteiger partial charge in [-0.15, -0.1) is 0 Å². The minimum atomic E-state index is -1.25. The Morgan fingerprint density at radius 2 is 1.21 bits per heavy atom. The lowest BCUT2D eigenvalue weighted by molar-refractivity contribution is 0.915. The van der Waals surface area contributed by atoms with Crippen LogP contribution in [0.3, 0.4) is 0 Å². The fraction of sp³-hybridized carbons (Fsp3) is 0.714. The second kappa shape index (κ2) is 7.17. The van der Waals surface area contributed by atoms with Crippen molar-refractivity contribution in [2.45, 2.75) is 51.1 Å². The van der Waals surface area contributed by atoms with Crippen molar-refractivity contribution in [1.82, 2.24) is 0 Å². The number of rotatable bonds is 8. The Kier molecular flexibility index (Phi) is 6.46. The number of nitrogens with two attached hydrogens (primary N) is 2. The fourth-order valence-corrected chi connectivity index (χ4v) is 10.4. The van der Waals surface area contributed by atoms with Gasteiger partial charge in [-0.25, -0.2) is 0 Å². The summed E-state index contributed by atoms with van der Waals surface area (Å²) in [4.78, 5) is 0. The Hall–Kier alpha value is 0.0538. The summed E-state index contributed by atoms with van der Waals surface area (Å²) in [6.45, 7) is 11.6. The second-order valence-corrected chi connectivity index (χ2v) is 18.1. The molecule has 4 N–H and O–H groups in total. The molecule has 110 valence electrons. The predicted octanol–water partition coefficient (Wildman–Crippen LogP) is 2.28. The van der Waals surface area contributed by atoms with E-state index in [1.807, 2.05) is 0 Å². The molecule has 0 spiro atoms. The van der Waals surface area contributed by atoms with E-state index in [0.717, 1.165) is 13.1 Å². The molecule has 0 aromatic carbocycles. The Morgan fingerprint density at radius 3 is 1.53 bits per heavy atom. The molecule has 0 unspecified atom stereocenters. The monoisotopic (exact) mass is 314 g/mol. The maximum atomic E-state index is 5.66. The molecule has 19 heavy (non-hydrogen) atoms. The van der Waals surface area contributed by atoms with E-state index in [9.17, 15) is 0 Å². The van der Waals surface area contributed by atoms with Gasteiger partial charge in [0.25, 0.3) is 0 Å². The zero-order valence-electron chi connectivity index (χ0n) is 13.0. The van der Waals surface area contributed by atoms with Crippen molar-refractivity contribution in [3.8, 4) is 0 Å². The Bertz CT molecular complexity index is 354. The van der Waals surface area contributed by atoms with Crippen LogP contribution in [0, 0.1) is 0 Å². The minimum absolute atomic E-state index is 0.825. The Morgan fingerprint density at radius 1 is 0.842 bits per heavy atom. The summed E-state index contributed by atoms with van der Waals surface area (Å²) in [5.74, 6) is 0. The van der Waals surface area contributed by atoms with Crippen molar-refractivity contribution in [1.29, 1.82) is 0 Å². The van der Waals surface area contributed by atoms with Gasteiger partial charge in [0.15, 0.2) is 0 Å². The van der Waals surface area contributed by atoms with Gasteiger partial charge in [0.2, 0.25) is 0 Å². The molecule has 1 aromatic rings. The van der Waals surface area contributed by atoms with Gasteiger partial charge >= 0.3 is 0 Å². The normalized spacial score (nSPS) is 12.9. The van der Waals surface area contributed by atoms with Crippen LogP contribution in [0.15, 0.2) is 12.1 Å². The average Bonchev–Trinajstić information content (AvgIpc) is 2.85. The molecule has 0 fully saturated rings. The lowest BCUT2D eigenvalue weighted by Crippen LogP contribution is -2.42. The Labute approximate surface area is 124 Å². The molecule has 1 heterocycles. The number of hydrogen-bond donors (Lipinski definition) is 2. The first-order valence-electron chi connectivity index (χ1n) is 7.34. The van der Waals surface area contributed by atoms with E-state index in [4.69, 9.17) is 11.5 Å². The zero-order valence-corrected chi connectivity index (χ0v) is 15.8. The van der Waals surface area contributed by atoms with Gasteiger partial charge in [-0.2, -0.15) is 11.3 Å². The summed E-state index contributed by atoms with van der Waals surface area (Å²) >= 11 is 2.09. The highest BCUT2D eigenvalue weighted by Crippen LogP contribution is 2.19. The standard InChI is InChI=1S/C14H30N2SSi2/c1-18(2,11-5-9-15)13-7-8-14(17-13)19(3,4)12-6-10-16/h7-8H,5-6,9-12,15-16H2,1-4H3. The molecule has 0 saturated carbocycles. The molecule has 0 bridgehead atoms. The summed E-state index contributed by atoms with van der Waals surface area (Å²) in [6.07, 6.45) is 2.33. The van der Waals surface area contributed by atoms with Crippen LogP contribution < -0.4 is 20.5 Å². The fourth-order valence-electron chi connectivity index (χ4n) is 2.40. The van der Waals surface area contributed by atoms with Crippen molar-refractivity contribution in [3.05, 3.63) is 12.1 Å². The summed E-state index contributed by atoms with van der Waals surface area (Å²) in [6, 6.07) is 7.43. The third-order valence-electron chi connectivity index (χ3n) is 3.95. The van der Waals surface area contributed by atoms with Gasteiger partial charge < -0.3 is 11.5 Å². The highest BCUT2D eigenvalue weighted by molar-refractivity contribution is 7.35. The van der Waals surface area contributed by atoms with Crippen LogP contribution in [0.1, 0.15) is 12.8 Å². The second-order valence-electron chi connectivity index (χ2n) is 6.72. The minimum Gasteiger partial charge on any atom is -0.330 e. The number of thiophene rings is 1. The smallest absolute Gasteiger partial charge is 0.0934 e. The quantitative estimate of drug-likeness (QED) is 0.723. The average molecular weight is 315 g/mol. The van der Waals surface area contributed by atoms with Gasteiger partial charge in [0.05, 0.1) is 16.1 Å². The summed E-state index contributed by atoms with van der Waals surface area (Å²) in [5.41, 5.74) is 11.3. The molecule has 5 heteroatoms. The molecule has 0 aliphatic rings. The van der Waals surface area contributed by atoms with Crippen LogP contribution in [0.5, 0.6) is 0 Å². The third-order valence-corrected chi connectivity index (χ3v) is 14.8. The number of hydrogen-bond acceptors (Lipinski definition) is 3. The highest BCUT2D eigenvalue weighted by Gasteiger charge is 2.29. The van der Waals surface area contributed by atoms with Crippen LogP contribution in [0.2, 0.25) is 38.3 Å². The molecule has 2 nitrogen and oxygen atoms in total. The molecule has 0 radical (unpaired) electrons. The highest BCUT2D eigenvalue weighted by atomic mass is 32.1. The first-order valence-corrected chi connectivity index (χ1v) is 14.6. The lowest BCUT2D eigenvalue weighted by Gasteiger charge is -2.22. The van der Waals surface area contributed by atoms with Crippen LogP contribution in [-0.4, -0.2) is 29.2 Å². The van der Waals surface area contributed by atoms with Gasteiger partial charge in [0, 0.05) is 0 Å². The molecular weight excluding hydrogens is 284 g/mol. The van der Waals surface area contributed by atoms with Crippen molar-refractivity contribution in [2.75, 3.05) is 13.1 Å². The van der Waals surface area contributed by atoms with Crippen LogP contribution in [-0.2, 0) is 0 Å².